The van der Waals surface area contributed by atoms with Crippen LogP contribution in [0.1, 0.15) is 23.6 Å². The predicted octanol–water partition coefficient (Wildman–Crippen LogP) is 5.12. The number of nitrogens with one attached hydrogen (secondary N) is 1. The highest BCUT2D eigenvalue weighted by atomic mass is 35.5. The van der Waals surface area contributed by atoms with E-state index in [0.29, 0.717) is 35.5 Å². The summed E-state index contributed by atoms with van der Waals surface area (Å²) in [5.74, 6) is 1.73. The van der Waals surface area contributed by atoms with Crippen LogP contribution in [0.25, 0.3) is 11.3 Å². The standard InChI is InChI=1S/C23H21ClN4O2/c1-16-13-21(28(27-16)15-17-5-3-2-4-6-17)26-22(29)11-12-23-25-14-20(30-23)18-7-9-19(24)10-8-18/h2-10,13-14H,11-12,15H2,1H3,(H,26,29). The Morgan fingerprint density at radius 3 is 2.67 bits per heavy atom. The summed E-state index contributed by atoms with van der Waals surface area (Å²) in [5, 5.41) is 8.09. The average molecular weight is 421 g/mol. The summed E-state index contributed by atoms with van der Waals surface area (Å²) >= 11 is 5.92. The summed E-state index contributed by atoms with van der Waals surface area (Å²) in [6.07, 6.45) is 2.33. The number of halogens is 1. The summed E-state index contributed by atoms with van der Waals surface area (Å²) in [4.78, 5) is 16.8. The topological polar surface area (TPSA) is 73.0 Å². The number of nitrogens with zero attached hydrogens (tertiary/aromatic N) is 3. The summed E-state index contributed by atoms with van der Waals surface area (Å²) < 4.78 is 7.56. The Labute approximate surface area is 179 Å². The molecule has 0 bridgehead atoms. The van der Waals surface area contributed by atoms with Crippen molar-refractivity contribution in [2.45, 2.75) is 26.3 Å². The number of anilines is 1. The molecule has 4 rings (SSSR count). The van der Waals surface area contributed by atoms with Crippen LogP contribution in [-0.4, -0.2) is 20.7 Å². The molecule has 152 valence electrons. The van der Waals surface area contributed by atoms with Crippen LogP contribution in [0, 0.1) is 6.92 Å². The summed E-state index contributed by atoms with van der Waals surface area (Å²) in [5.41, 5.74) is 2.86. The molecule has 7 heteroatoms. The van der Waals surface area contributed by atoms with Gasteiger partial charge in [0.15, 0.2) is 11.7 Å². The van der Waals surface area contributed by atoms with Gasteiger partial charge in [-0.1, -0.05) is 41.9 Å². The lowest BCUT2D eigenvalue weighted by molar-refractivity contribution is -0.116. The van der Waals surface area contributed by atoms with Gasteiger partial charge in [0, 0.05) is 29.5 Å². The molecule has 0 aliphatic carbocycles. The van der Waals surface area contributed by atoms with Crippen molar-refractivity contribution in [3.63, 3.8) is 0 Å². The smallest absolute Gasteiger partial charge is 0.226 e. The predicted molar refractivity (Wildman–Crippen MR) is 116 cm³/mol. The van der Waals surface area contributed by atoms with E-state index in [0.717, 1.165) is 16.8 Å². The van der Waals surface area contributed by atoms with Crippen LogP contribution in [0.15, 0.2) is 71.3 Å². The summed E-state index contributed by atoms with van der Waals surface area (Å²) in [6, 6.07) is 19.2. The van der Waals surface area contributed by atoms with Gasteiger partial charge >= 0.3 is 0 Å². The van der Waals surface area contributed by atoms with E-state index in [4.69, 9.17) is 16.0 Å². The van der Waals surface area contributed by atoms with E-state index >= 15 is 0 Å². The minimum atomic E-state index is -0.115. The summed E-state index contributed by atoms with van der Waals surface area (Å²) in [6.45, 7) is 2.50. The Morgan fingerprint density at radius 2 is 1.90 bits per heavy atom. The third-order valence-electron chi connectivity index (χ3n) is 4.59. The van der Waals surface area contributed by atoms with Crippen molar-refractivity contribution < 1.29 is 9.21 Å². The molecule has 2 heterocycles. The highest BCUT2D eigenvalue weighted by Gasteiger charge is 2.12. The first kappa shape index (κ1) is 19.9. The number of hydrogen-bond donors (Lipinski definition) is 1. The SMILES string of the molecule is Cc1cc(NC(=O)CCc2ncc(-c3ccc(Cl)cc3)o2)n(Cc2ccccc2)n1. The molecular formula is C23H21ClN4O2. The molecule has 0 atom stereocenters. The van der Waals surface area contributed by atoms with Crippen molar-refractivity contribution in [2.24, 2.45) is 0 Å². The number of aromatic nitrogens is 3. The van der Waals surface area contributed by atoms with Gasteiger partial charge < -0.3 is 9.73 Å². The van der Waals surface area contributed by atoms with Crippen LogP contribution in [0.3, 0.4) is 0 Å². The van der Waals surface area contributed by atoms with Crippen LogP contribution in [0.4, 0.5) is 5.82 Å². The largest absolute Gasteiger partial charge is 0.441 e. The molecule has 2 aromatic carbocycles. The molecular weight excluding hydrogens is 400 g/mol. The molecule has 0 radical (unpaired) electrons. The Balaban J connectivity index is 1.36. The number of oxazole rings is 1. The zero-order valence-corrected chi connectivity index (χ0v) is 17.3. The molecule has 0 fully saturated rings. The van der Waals surface area contributed by atoms with E-state index in [9.17, 15) is 4.79 Å². The zero-order valence-electron chi connectivity index (χ0n) is 16.5. The third-order valence-corrected chi connectivity index (χ3v) is 4.84. The van der Waals surface area contributed by atoms with E-state index in [1.165, 1.54) is 0 Å². The molecule has 4 aromatic rings. The van der Waals surface area contributed by atoms with Gasteiger partial charge in [0.2, 0.25) is 5.91 Å². The van der Waals surface area contributed by atoms with Gasteiger partial charge in [-0.3, -0.25) is 4.79 Å². The summed E-state index contributed by atoms with van der Waals surface area (Å²) in [7, 11) is 0. The number of carbonyl (C=O) groups is 1. The molecule has 0 spiro atoms. The number of amides is 1. The van der Waals surface area contributed by atoms with Gasteiger partial charge in [-0.15, -0.1) is 0 Å². The van der Waals surface area contributed by atoms with Crippen LogP contribution >= 0.6 is 11.6 Å². The van der Waals surface area contributed by atoms with Gasteiger partial charge in [0.25, 0.3) is 0 Å². The van der Waals surface area contributed by atoms with Crippen molar-refractivity contribution in [1.29, 1.82) is 0 Å². The lowest BCUT2D eigenvalue weighted by Gasteiger charge is -2.08. The highest BCUT2D eigenvalue weighted by Crippen LogP contribution is 2.23. The monoisotopic (exact) mass is 420 g/mol. The average Bonchev–Trinajstić information content (AvgIpc) is 3.34. The van der Waals surface area contributed by atoms with E-state index in [-0.39, 0.29) is 12.3 Å². The molecule has 2 aromatic heterocycles. The molecule has 0 saturated carbocycles. The van der Waals surface area contributed by atoms with Crippen molar-refractivity contribution in [2.75, 3.05) is 5.32 Å². The maximum absolute atomic E-state index is 12.5. The number of carbonyl (C=O) groups excluding carboxylic acids is 1. The fourth-order valence-corrected chi connectivity index (χ4v) is 3.25. The first-order valence-electron chi connectivity index (χ1n) is 9.66. The Bertz CT molecular complexity index is 1130. The van der Waals surface area contributed by atoms with E-state index in [1.807, 2.05) is 55.5 Å². The third kappa shape index (κ3) is 4.96. The molecule has 1 amide bonds. The second kappa shape index (κ2) is 8.97. The number of aryl methyl sites for hydroxylation is 2. The van der Waals surface area contributed by atoms with Crippen molar-refractivity contribution >= 4 is 23.3 Å². The lowest BCUT2D eigenvalue weighted by Crippen LogP contribution is -2.16. The second-order valence-electron chi connectivity index (χ2n) is 6.99. The van der Waals surface area contributed by atoms with Gasteiger partial charge in [0.1, 0.15) is 5.82 Å². The maximum atomic E-state index is 12.5. The van der Waals surface area contributed by atoms with Crippen LogP contribution in [-0.2, 0) is 17.8 Å². The molecule has 6 nitrogen and oxygen atoms in total. The number of benzene rings is 2. The first-order valence-corrected chi connectivity index (χ1v) is 10.0. The van der Waals surface area contributed by atoms with Crippen LogP contribution in [0.5, 0.6) is 0 Å². The van der Waals surface area contributed by atoms with Gasteiger partial charge in [-0.2, -0.15) is 5.10 Å². The number of rotatable bonds is 7. The van der Waals surface area contributed by atoms with Crippen molar-refractivity contribution in [3.05, 3.63) is 89.0 Å². The molecule has 0 aliphatic heterocycles. The van der Waals surface area contributed by atoms with Crippen molar-refractivity contribution in [3.8, 4) is 11.3 Å². The fraction of sp³-hybridized carbons (Fsp3) is 0.174. The van der Waals surface area contributed by atoms with Gasteiger partial charge in [-0.05, 0) is 36.8 Å². The molecule has 1 N–H and O–H groups in total. The van der Waals surface area contributed by atoms with Crippen molar-refractivity contribution in [1.82, 2.24) is 14.8 Å². The molecule has 0 saturated heterocycles. The maximum Gasteiger partial charge on any atom is 0.226 e. The second-order valence-corrected chi connectivity index (χ2v) is 7.42. The van der Waals surface area contributed by atoms with Gasteiger partial charge in [0.05, 0.1) is 18.4 Å². The Hall–Kier alpha value is -3.38. The van der Waals surface area contributed by atoms with E-state index < -0.39 is 0 Å². The minimum Gasteiger partial charge on any atom is -0.441 e. The number of hydrogen-bond acceptors (Lipinski definition) is 4. The van der Waals surface area contributed by atoms with Crippen LogP contribution in [0.2, 0.25) is 5.02 Å². The minimum absolute atomic E-state index is 0.115. The Kier molecular flexibility index (Phi) is 5.95. The fourth-order valence-electron chi connectivity index (χ4n) is 3.12. The highest BCUT2D eigenvalue weighted by molar-refractivity contribution is 6.30. The zero-order chi connectivity index (χ0) is 20.9. The van der Waals surface area contributed by atoms with Gasteiger partial charge in [-0.25, -0.2) is 9.67 Å². The molecule has 30 heavy (non-hydrogen) atoms. The van der Waals surface area contributed by atoms with E-state index in [2.05, 4.69) is 15.4 Å². The quantitative estimate of drug-likeness (QED) is 0.450. The van der Waals surface area contributed by atoms with Crippen LogP contribution < -0.4 is 5.32 Å². The lowest BCUT2D eigenvalue weighted by atomic mass is 10.2. The van der Waals surface area contributed by atoms with E-state index in [1.54, 1.807) is 23.0 Å². The normalized spacial score (nSPS) is 10.9. The first-order chi connectivity index (χ1) is 14.6. The Morgan fingerprint density at radius 1 is 1.13 bits per heavy atom. The molecule has 0 unspecified atom stereocenters. The molecule has 0 aliphatic rings.